The summed E-state index contributed by atoms with van der Waals surface area (Å²) in [5.41, 5.74) is 9.81. The zero-order chi connectivity index (χ0) is 20.1. The van der Waals surface area contributed by atoms with Crippen LogP contribution in [0.15, 0.2) is 67.0 Å². The van der Waals surface area contributed by atoms with Gasteiger partial charge in [0.25, 0.3) is 0 Å². The van der Waals surface area contributed by atoms with Gasteiger partial charge in [-0.3, -0.25) is 0 Å². The first-order chi connectivity index (χ1) is 14.2. The van der Waals surface area contributed by atoms with Gasteiger partial charge in [-0.05, 0) is 37.3 Å². The van der Waals surface area contributed by atoms with Crippen molar-refractivity contribution in [3.63, 3.8) is 0 Å². The predicted molar refractivity (Wildman–Crippen MR) is 120 cm³/mol. The first-order valence-corrected chi connectivity index (χ1v) is 10.4. The van der Waals surface area contributed by atoms with Gasteiger partial charge in [-0.2, -0.15) is 0 Å². The highest BCUT2D eigenvalue weighted by Crippen LogP contribution is 2.34. The second-order valence-electron chi connectivity index (χ2n) is 7.80. The number of benzene rings is 2. The largest absolute Gasteiger partial charge is 0.393 e. The van der Waals surface area contributed by atoms with E-state index in [0.717, 1.165) is 31.3 Å². The molecule has 1 saturated heterocycles. The molecule has 0 aliphatic carbocycles. The number of piperidine rings is 1. The van der Waals surface area contributed by atoms with Crippen LogP contribution in [0.4, 0.5) is 17.3 Å². The van der Waals surface area contributed by atoms with Gasteiger partial charge < -0.3 is 15.5 Å². The Morgan fingerprint density at radius 1 is 0.931 bits per heavy atom. The second kappa shape index (κ2) is 8.95. The molecule has 2 heterocycles. The average molecular weight is 388 g/mol. The van der Waals surface area contributed by atoms with E-state index in [1.165, 1.54) is 30.4 Å². The number of nitrogen functional groups attached to an aromatic ring is 1. The quantitative estimate of drug-likeness (QED) is 0.667. The van der Waals surface area contributed by atoms with Gasteiger partial charge in [0.2, 0.25) is 0 Å². The fraction of sp³-hybridized carbons (Fsp3) is 0.333. The molecule has 1 unspecified atom stereocenters. The van der Waals surface area contributed by atoms with Gasteiger partial charge in [0.05, 0.1) is 0 Å². The molecule has 1 aromatic heterocycles. The van der Waals surface area contributed by atoms with Crippen molar-refractivity contribution in [1.82, 2.24) is 9.97 Å². The minimum absolute atomic E-state index is 0.450. The molecule has 3 aromatic rings. The van der Waals surface area contributed by atoms with Crippen molar-refractivity contribution in [1.29, 1.82) is 0 Å². The van der Waals surface area contributed by atoms with Gasteiger partial charge >= 0.3 is 0 Å². The summed E-state index contributed by atoms with van der Waals surface area (Å²) in [5.74, 6) is 1.67. The van der Waals surface area contributed by atoms with Crippen LogP contribution in [0.5, 0.6) is 0 Å². The summed E-state index contributed by atoms with van der Waals surface area (Å²) in [4.78, 5) is 13.8. The number of nitrogens with zero attached hydrogens (tertiary/aromatic N) is 4. The summed E-state index contributed by atoms with van der Waals surface area (Å²) in [6.45, 7) is 4.74. The minimum Gasteiger partial charge on any atom is -0.393 e. The van der Waals surface area contributed by atoms with E-state index in [1.807, 2.05) is 12.1 Å². The first kappa shape index (κ1) is 19.2. The van der Waals surface area contributed by atoms with E-state index in [4.69, 9.17) is 5.73 Å². The molecule has 0 spiro atoms. The molecule has 1 fully saturated rings. The molecule has 150 valence electrons. The number of hydrogen-bond donors (Lipinski definition) is 1. The molecule has 29 heavy (non-hydrogen) atoms. The molecule has 0 amide bonds. The van der Waals surface area contributed by atoms with E-state index < -0.39 is 0 Å². The fourth-order valence-corrected chi connectivity index (χ4v) is 4.08. The van der Waals surface area contributed by atoms with Gasteiger partial charge in [-0.15, -0.1) is 0 Å². The van der Waals surface area contributed by atoms with Crippen LogP contribution in [-0.2, 0) is 13.1 Å². The predicted octanol–water partition coefficient (Wildman–Crippen LogP) is 4.64. The van der Waals surface area contributed by atoms with E-state index in [2.05, 4.69) is 75.2 Å². The normalized spacial score (nSPS) is 16.6. The van der Waals surface area contributed by atoms with Gasteiger partial charge in [0.1, 0.15) is 12.0 Å². The van der Waals surface area contributed by atoms with E-state index in [-0.39, 0.29) is 0 Å². The lowest BCUT2D eigenvalue weighted by Crippen LogP contribution is -2.39. The lowest BCUT2D eigenvalue weighted by molar-refractivity contribution is 0.481. The highest BCUT2D eigenvalue weighted by molar-refractivity contribution is 5.76. The van der Waals surface area contributed by atoms with E-state index in [9.17, 15) is 0 Å². The molecule has 2 N–H and O–H groups in total. The maximum absolute atomic E-state index is 6.68. The van der Waals surface area contributed by atoms with Crippen molar-refractivity contribution < 1.29 is 0 Å². The van der Waals surface area contributed by atoms with Crippen LogP contribution >= 0.6 is 0 Å². The molecule has 5 heteroatoms. The van der Waals surface area contributed by atoms with Crippen LogP contribution in [0.3, 0.4) is 0 Å². The van der Waals surface area contributed by atoms with Gasteiger partial charge in [-0.25, -0.2) is 9.97 Å². The third-order valence-electron chi connectivity index (χ3n) is 5.65. The van der Waals surface area contributed by atoms with Crippen LogP contribution < -0.4 is 15.5 Å². The molecule has 1 atom stereocenters. The van der Waals surface area contributed by atoms with Gasteiger partial charge in [0, 0.05) is 25.7 Å². The van der Waals surface area contributed by atoms with E-state index in [1.54, 1.807) is 6.33 Å². The summed E-state index contributed by atoms with van der Waals surface area (Å²) in [6.07, 6.45) is 5.28. The number of aromatic nitrogens is 2. The molecule has 1 aliphatic rings. The van der Waals surface area contributed by atoms with Crippen LogP contribution in [0.2, 0.25) is 0 Å². The van der Waals surface area contributed by atoms with Crippen molar-refractivity contribution in [2.75, 3.05) is 22.1 Å². The highest BCUT2D eigenvalue weighted by Gasteiger charge is 2.24. The Balaban J connectivity index is 1.68. The van der Waals surface area contributed by atoms with Gasteiger partial charge in [-0.1, -0.05) is 60.7 Å². The Bertz CT molecular complexity index is 872. The lowest BCUT2D eigenvalue weighted by atomic mass is 10.0. The van der Waals surface area contributed by atoms with E-state index in [0.29, 0.717) is 11.7 Å². The van der Waals surface area contributed by atoms with Crippen LogP contribution in [0.25, 0.3) is 0 Å². The molecule has 2 aromatic carbocycles. The summed E-state index contributed by atoms with van der Waals surface area (Å²) in [7, 11) is 0. The Morgan fingerprint density at radius 2 is 1.55 bits per heavy atom. The summed E-state index contributed by atoms with van der Waals surface area (Å²) < 4.78 is 0. The summed E-state index contributed by atoms with van der Waals surface area (Å²) >= 11 is 0. The van der Waals surface area contributed by atoms with Crippen molar-refractivity contribution in [2.24, 2.45) is 0 Å². The topological polar surface area (TPSA) is 58.3 Å². The standard InChI is InChI=1S/C24H29N5/c1-19-10-8-9-15-29(19)24-22(25)23(26-18-27-24)28(16-20-11-4-2-5-12-20)17-21-13-6-3-7-14-21/h2-7,11-14,18-19H,8-10,15-17,25H2,1H3. The highest BCUT2D eigenvalue weighted by atomic mass is 15.3. The minimum atomic E-state index is 0.450. The molecule has 5 nitrogen and oxygen atoms in total. The first-order valence-electron chi connectivity index (χ1n) is 10.4. The Morgan fingerprint density at radius 3 is 2.14 bits per heavy atom. The van der Waals surface area contributed by atoms with E-state index >= 15 is 0 Å². The fourth-order valence-electron chi connectivity index (χ4n) is 4.08. The molecule has 0 bridgehead atoms. The Labute approximate surface area is 173 Å². The number of anilines is 3. The third-order valence-corrected chi connectivity index (χ3v) is 5.65. The van der Waals surface area contributed by atoms with Crippen LogP contribution in [0.1, 0.15) is 37.3 Å². The Hall–Kier alpha value is -3.08. The lowest BCUT2D eigenvalue weighted by Gasteiger charge is -2.36. The number of rotatable bonds is 6. The zero-order valence-corrected chi connectivity index (χ0v) is 17.0. The summed E-state index contributed by atoms with van der Waals surface area (Å²) in [5, 5.41) is 0. The Kier molecular flexibility index (Phi) is 5.94. The van der Waals surface area contributed by atoms with Crippen molar-refractivity contribution in [2.45, 2.75) is 45.3 Å². The molecule has 1 aliphatic heterocycles. The van der Waals surface area contributed by atoms with Crippen LogP contribution in [-0.4, -0.2) is 22.6 Å². The number of hydrogen-bond acceptors (Lipinski definition) is 5. The van der Waals surface area contributed by atoms with Crippen LogP contribution in [0, 0.1) is 0 Å². The molecule has 4 rings (SSSR count). The van der Waals surface area contributed by atoms with Crippen molar-refractivity contribution in [3.05, 3.63) is 78.1 Å². The number of nitrogens with two attached hydrogens (primary N) is 1. The smallest absolute Gasteiger partial charge is 0.158 e. The van der Waals surface area contributed by atoms with Crippen molar-refractivity contribution >= 4 is 17.3 Å². The SMILES string of the molecule is CC1CCCCN1c1ncnc(N(Cc2ccccc2)Cc2ccccc2)c1N. The molecule has 0 saturated carbocycles. The maximum Gasteiger partial charge on any atom is 0.158 e. The van der Waals surface area contributed by atoms with Gasteiger partial charge in [0.15, 0.2) is 11.6 Å². The summed E-state index contributed by atoms with van der Waals surface area (Å²) in [6, 6.07) is 21.4. The molecule has 0 radical (unpaired) electrons. The maximum atomic E-state index is 6.68. The third kappa shape index (κ3) is 4.50. The second-order valence-corrected chi connectivity index (χ2v) is 7.80. The molecular weight excluding hydrogens is 358 g/mol. The van der Waals surface area contributed by atoms with Crippen molar-refractivity contribution in [3.8, 4) is 0 Å². The zero-order valence-electron chi connectivity index (χ0n) is 17.0. The molecular formula is C24H29N5. The monoisotopic (exact) mass is 387 g/mol. The average Bonchev–Trinajstić information content (AvgIpc) is 2.76.